The van der Waals surface area contributed by atoms with Crippen molar-refractivity contribution in [2.75, 3.05) is 21.3 Å². The second-order valence-corrected chi connectivity index (χ2v) is 7.22. The summed E-state index contributed by atoms with van der Waals surface area (Å²) in [6.07, 6.45) is 1.03. The van der Waals surface area contributed by atoms with Crippen molar-refractivity contribution >= 4 is 40.7 Å². The molecule has 0 fully saturated rings. The minimum atomic E-state index is -0.801. The van der Waals surface area contributed by atoms with Gasteiger partial charge in [0, 0.05) is 13.1 Å². The fraction of sp³-hybridized carbons (Fsp3) is 0.238. The summed E-state index contributed by atoms with van der Waals surface area (Å²) >= 11 is 0.928. The first-order chi connectivity index (χ1) is 14.4. The highest BCUT2D eigenvalue weighted by Gasteiger charge is 2.35. The van der Waals surface area contributed by atoms with Crippen molar-refractivity contribution in [1.82, 2.24) is 9.88 Å². The Bertz CT molecular complexity index is 1280. The van der Waals surface area contributed by atoms with Gasteiger partial charge in [-0.15, -0.1) is 11.3 Å². The number of amides is 1. The van der Waals surface area contributed by atoms with E-state index in [1.165, 1.54) is 21.3 Å². The molecule has 162 valence electrons. The highest BCUT2D eigenvalue weighted by Crippen LogP contribution is 2.36. The highest BCUT2D eigenvalue weighted by atomic mass is 32.1. The Morgan fingerprint density at radius 3 is 2.45 bits per heavy atom. The molecule has 1 atom stereocenters. The molecule has 31 heavy (non-hydrogen) atoms. The van der Waals surface area contributed by atoms with E-state index in [1.54, 1.807) is 24.3 Å². The summed E-state index contributed by atoms with van der Waals surface area (Å²) in [6, 6.07) is 8.88. The third-order valence-corrected chi connectivity index (χ3v) is 5.75. The monoisotopic (exact) mass is 442 g/mol. The maximum Gasteiger partial charge on any atom is 0.332 e. The van der Waals surface area contributed by atoms with Gasteiger partial charge in [-0.25, -0.2) is 4.79 Å². The number of carbonyl (C=O) groups excluding carboxylic acids is 2. The lowest BCUT2D eigenvalue weighted by molar-refractivity contribution is -0.133. The molecule has 0 saturated carbocycles. The third kappa shape index (κ3) is 3.95. The van der Waals surface area contributed by atoms with Crippen LogP contribution in [-0.4, -0.2) is 37.7 Å². The molecular weight excluding hydrogens is 420 g/mol. The average molecular weight is 442 g/mol. The molecule has 1 aliphatic heterocycles. The Hall–Kier alpha value is -3.84. The molecule has 0 saturated heterocycles. The van der Waals surface area contributed by atoms with Crippen LogP contribution in [0.2, 0.25) is 0 Å². The topological polar surface area (TPSA) is 136 Å². The predicted molar refractivity (Wildman–Crippen MR) is 117 cm³/mol. The van der Waals surface area contributed by atoms with Crippen molar-refractivity contribution in [3.63, 3.8) is 0 Å². The number of methoxy groups -OCH3 is 2. The summed E-state index contributed by atoms with van der Waals surface area (Å²) in [7, 11) is 4.17. The molecule has 1 amide bonds. The number of nitrogens with zero attached hydrogens (tertiary/aromatic N) is 2. The zero-order valence-electron chi connectivity index (χ0n) is 16.4. The summed E-state index contributed by atoms with van der Waals surface area (Å²) in [6.45, 7) is 0. The molecule has 0 aliphatic carbocycles. The van der Waals surface area contributed by atoms with E-state index in [9.17, 15) is 19.6 Å². The summed E-state index contributed by atoms with van der Waals surface area (Å²) in [5.74, 6) is -1.48. The van der Waals surface area contributed by atoms with Gasteiger partial charge in [-0.2, -0.15) is 5.26 Å². The fourth-order valence-corrected chi connectivity index (χ4v) is 4.33. The largest absolute Gasteiger partial charge is 0.497 e. The van der Waals surface area contributed by atoms with E-state index in [0.29, 0.717) is 11.3 Å². The summed E-state index contributed by atoms with van der Waals surface area (Å²) in [4.78, 5) is 37.4. The lowest BCUT2D eigenvalue weighted by Crippen LogP contribution is -2.41. The number of carbonyl (C=O) groups is 2. The molecule has 1 aromatic heterocycles. The molecular formula is C21H22N4O5S. The number of rotatable bonds is 4. The molecule has 1 unspecified atom stereocenters. The second kappa shape index (κ2) is 9.32. The van der Waals surface area contributed by atoms with Gasteiger partial charge in [0.25, 0.3) is 11.5 Å². The van der Waals surface area contributed by atoms with E-state index in [0.717, 1.165) is 22.0 Å². The van der Waals surface area contributed by atoms with Crippen LogP contribution >= 0.6 is 11.3 Å². The number of hydrogen-bond donors (Lipinski definition) is 2. The van der Waals surface area contributed by atoms with Gasteiger partial charge in [-0.05, 0) is 17.7 Å². The summed E-state index contributed by atoms with van der Waals surface area (Å²) in [5, 5.41) is 12.4. The lowest BCUT2D eigenvalue weighted by Gasteiger charge is -2.25. The molecule has 2 aromatic rings. The van der Waals surface area contributed by atoms with Crippen LogP contribution in [0.15, 0.2) is 34.6 Å². The number of ether oxygens (including phenoxy) is 2. The van der Waals surface area contributed by atoms with Crippen LogP contribution in [0, 0.1) is 11.3 Å². The molecule has 0 bridgehead atoms. The van der Waals surface area contributed by atoms with Crippen LogP contribution in [0.3, 0.4) is 0 Å². The number of aromatic nitrogens is 1. The number of benzene rings is 1. The molecule has 3 rings (SSSR count). The second-order valence-electron chi connectivity index (χ2n) is 6.19. The van der Waals surface area contributed by atoms with Gasteiger partial charge in [-0.3, -0.25) is 14.2 Å². The van der Waals surface area contributed by atoms with E-state index >= 15 is 0 Å². The number of nitrogens with two attached hydrogens (primary N) is 1. The van der Waals surface area contributed by atoms with Gasteiger partial charge < -0.3 is 20.5 Å². The van der Waals surface area contributed by atoms with Gasteiger partial charge in [0.05, 0.1) is 37.4 Å². The zero-order chi connectivity index (χ0) is 22.0. The van der Waals surface area contributed by atoms with Crippen LogP contribution < -0.4 is 30.5 Å². The maximum atomic E-state index is 12.9. The molecule has 0 radical (unpaired) electrons. The molecule has 3 N–H and O–H groups in total. The SMILES string of the molecule is C.CNC(=O)C1=c2s/c(=C\C(=O)OC)c(=O)n2C(N)=C(C#N)C1c1ccc(OC)cc1. The quantitative estimate of drug-likeness (QED) is 0.629. The Labute approximate surface area is 182 Å². The number of allylic oxidation sites excluding steroid dienone is 1. The van der Waals surface area contributed by atoms with Crippen LogP contribution in [0.5, 0.6) is 5.75 Å². The lowest BCUT2D eigenvalue weighted by atomic mass is 9.83. The number of esters is 1. The van der Waals surface area contributed by atoms with E-state index in [-0.39, 0.29) is 33.6 Å². The van der Waals surface area contributed by atoms with E-state index in [1.807, 2.05) is 6.07 Å². The van der Waals surface area contributed by atoms with Gasteiger partial charge in [0.1, 0.15) is 20.8 Å². The van der Waals surface area contributed by atoms with Crippen molar-refractivity contribution in [3.05, 3.63) is 55.0 Å². The molecule has 10 heteroatoms. The van der Waals surface area contributed by atoms with Crippen molar-refractivity contribution in [2.45, 2.75) is 13.3 Å². The van der Waals surface area contributed by atoms with E-state index < -0.39 is 23.4 Å². The van der Waals surface area contributed by atoms with Crippen LogP contribution in [0.1, 0.15) is 18.9 Å². The van der Waals surface area contributed by atoms with Gasteiger partial charge in [-0.1, -0.05) is 19.6 Å². The smallest absolute Gasteiger partial charge is 0.332 e. The number of nitriles is 1. The summed E-state index contributed by atoms with van der Waals surface area (Å²) in [5.41, 5.74) is 6.44. The molecule has 2 heterocycles. The Kier molecular flexibility index (Phi) is 7.04. The van der Waals surface area contributed by atoms with Gasteiger partial charge >= 0.3 is 5.97 Å². The Balaban J connectivity index is 0.00000341. The van der Waals surface area contributed by atoms with E-state index in [2.05, 4.69) is 10.1 Å². The molecule has 0 spiro atoms. The van der Waals surface area contributed by atoms with Gasteiger partial charge in [0.2, 0.25) is 0 Å². The molecule has 1 aliphatic rings. The predicted octanol–water partition coefficient (Wildman–Crippen LogP) is -0.147. The van der Waals surface area contributed by atoms with Crippen molar-refractivity contribution in [3.8, 4) is 11.8 Å². The van der Waals surface area contributed by atoms with Crippen LogP contribution in [-0.2, 0) is 14.3 Å². The third-order valence-electron chi connectivity index (χ3n) is 4.64. The average Bonchev–Trinajstić information content (AvgIpc) is 3.08. The first-order valence-electron chi connectivity index (χ1n) is 8.69. The van der Waals surface area contributed by atoms with Crippen molar-refractivity contribution < 1.29 is 19.1 Å². The number of hydrogen-bond acceptors (Lipinski definition) is 8. The highest BCUT2D eigenvalue weighted by molar-refractivity contribution is 7.07. The molecule has 9 nitrogen and oxygen atoms in total. The minimum Gasteiger partial charge on any atom is -0.497 e. The molecule has 1 aromatic carbocycles. The number of fused-ring (bicyclic) bond motifs is 1. The number of nitrogens with one attached hydrogen (secondary N) is 1. The number of thiazole rings is 1. The van der Waals surface area contributed by atoms with Crippen LogP contribution in [0.25, 0.3) is 17.5 Å². The van der Waals surface area contributed by atoms with Crippen molar-refractivity contribution in [1.29, 1.82) is 5.26 Å². The first-order valence-corrected chi connectivity index (χ1v) is 9.51. The Morgan fingerprint density at radius 2 is 1.94 bits per heavy atom. The van der Waals surface area contributed by atoms with Crippen LogP contribution in [0.4, 0.5) is 0 Å². The standard InChI is InChI=1S/C20H18N4O5S.CH4/c1-23-18(26)16-15(10-4-6-11(28-2)7-5-10)12(9-21)17(22)24-19(27)13(30-20(16)24)8-14(25)29-3;/h4-8,15H,22H2,1-3H3,(H,23,26);1H4/b13-8-;. The zero-order valence-corrected chi connectivity index (χ0v) is 17.2. The first kappa shape index (κ1) is 23.4. The fourth-order valence-electron chi connectivity index (χ4n) is 3.20. The van der Waals surface area contributed by atoms with Crippen molar-refractivity contribution in [2.24, 2.45) is 5.73 Å². The minimum absolute atomic E-state index is 0. The summed E-state index contributed by atoms with van der Waals surface area (Å²) < 4.78 is 11.1. The van der Waals surface area contributed by atoms with Gasteiger partial charge in [0.15, 0.2) is 0 Å². The Morgan fingerprint density at radius 1 is 1.29 bits per heavy atom. The normalized spacial score (nSPS) is 15.5. The maximum absolute atomic E-state index is 12.9. The van der Waals surface area contributed by atoms with E-state index in [4.69, 9.17) is 10.5 Å².